The minimum atomic E-state index is -0.433. The van der Waals surface area contributed by atoms with E-state index in [4.69, 9.17) is 0 Å². The summed E-state index contributed by atoms with van der Waals surface area (Å²) in [6.07, 6.45) is 2.91. The second-order valence-corrected chi connectivity index (χ2v) is 6.49. The molecule has 2 unspecified atom stereocenters. The fourth-order valence-corrected chi connectivity index (χ4v) is 3.52. The van der Waals surface area contributed by atoms with Gasteiger partial charge in [-0.15, -0.1) is 6.58 Å². The molecule has 0 radical (unpaired) electrons. The molecule has 0 aliphatic carbocycles. The fraction of sp³-hybridized carbons (Fsp3) is 0.588. The van der Waals surface area contributed by atoms with Crippen LogP contribution in [0.5, 0.6) is 5.75 Å². The molecule has 2 N–H and O–H groups in total. The van der Waals surface area contributed by atoms with Crippen molar-refractivity contribution in [3.8, 4) is 5.75 Å². The summed E-state index contributed by atoms with van der Waals surface area (Å²) in [6.45, 7) is 10.8. The summed E-state index contributed by atoms with van der Waals surface area (Å²) >= 11 is 0. The predicted octanol–water partition coefficient (Wildman–Crippen LogP) is 1.71. The highest BCUT2D eigenvalue weighted by molar-refractivity contribution is 5.30. The van der Waals surface area contributed by atoms with Crippen LogP contribution in [0, 0.1) is 11.8 Å². The highest BCUT2D eigenvalue weighted by Crippen LogP contribution is 2.25. The smallest absolute Gasteiger partial charge is 0.223 e. The zero-order valence-corrected chi connectivity index (χ0v) is 13.5. The third-order valence-corrected chi connectivity index (χ3v) is 4.27. The van der Waals surface area contributed by atoms with Gasteiger partial charge in [0.25, 0.3) is 0 Å². The van der Waals surface area contributed by atoms with E-state index in [9.17, 15) is 15.0 Å². The number of aromatic nitrogens is 1. The first-order valence-corrected chi connectivity index (χ1v) is 7.84. The van der Waals surface area contributed by atoms with Crippen LogP contribution in [0.25, 0.3) is 0 Å². The van der Waals surface area contributed by atoms with Crippen LogP contribution in [-0.4, -0.2) is 32.8 Å². The molecule has 0 saturated carbocycles. The van der Waals surface area contributed by atoms with Crippen molar-refractivity contribution in [3.63, 3.8) is 0 Å². The minimum Gasteiger partial charge on any atom is -0.503 e. The number of hydrogen-bond donors (Lipinski definition) is 2. The van der Waals surface area contributed by atoms with E-state index in [0.29, 0.717) is 36.3 Å². The molecule has 2 atom stereocenters. The van der Waals surface area contributed by atoms with E-state index in [-0.39, 0.29) is 12.4 Å². The van der Waals surface area contributed by atoms with Crippen molar-refractivity contribution in [1.82, 2.24) is 9.47 Å². The second kappa shape index (κ2) is 7.11. The van der Waals surface area contributed by atoms with E-state index in [0.717, 1.165) is 13.1 Å². The summed E-state index contributed by atoms with van der Waals surface area (Å²) in [5, 5.41) is 19.7. The first kappa shape index (κ1) is 16.8. The van der Waals surface area contributed by atoms with Crippen LogP contribution in [0.15, 0.2) is 23.5 Å². The lowest BCUT2D eigenvalue weighted by molar-refractivity contribution is 0.129. The molecule has 1 saturated heterocycles. The Balaban J connectivity index is 2.37. The SMILES string of the molecule is C=CCn1c(CO)cc(=O)c(O)c1CN1CC(C)CC(C)C1. The van der Waals surface area contributed by atoms with E-state index in [1.165, 1.54) is 12.5 Å². The number of piperidine rings is 1. The van der Waals surface area contributed by atoms with Gasteiger partial charge in [0.15, 0.2) is 5.75 Å². The average Bonchev–Trinajstić information content (AvgIpc) is 2.45. The maximum absolute atomic E-state index is 11.9. The van der Waals surface area contributed by atoms with Crippen LogP contribution < -0.4 is 5.43 Å². The van der Waals surface area contributed by atoms with Crippen LogP contribution in [0.4, 0.5) is 0 Å². The van der Waals surface area contributed by atoms with Crippen LogP contribution in [-0.2, 0) is 19.7 Å². The topological polar surface area (TPSA) is 65.7 Å². The van der Waals surface area contributed by atoms with Gasteiger partial charge in [-0.25, -0.2) is 0 Å². The zero-order chi connectivity index (χ0) is 16.3. The number of aromatic hydroxyl groups is 1. The van der Waals surface area contributed by atoms with Gasteiger partial charge in [-0.1, -0.05) is 19.9 Å². The Kier molecular flexibility index (Phi) is 5.42. The Hall–Kier alpha value is -1.59. The molecular weight excluding hydrogens is 280 g/mol. The van der Waals surface area contributed by atoms with Crippen molar-refractivity contribution in [3.05, 3.63) is 40.3 Å². The van der Waals surface area contributed by atoms with Crippen molar-refractivity contribution in [2.24, 2.45) is 11.8 Å². The van der Waals surface area contributed by atoms with E-state index in [2.05, 4.69) is 25.3 Å². The molecule has 2 heterocycles. The normalized spacial score (nSPS) is 22.7. The van der Waals surface area contributed by atoms with Crippen LogP contribution in [0.1, 0.15) is 31.7 Å². The molecule has 1 aliphatic heterocycles. The van der Waals surface area contributed by atoms with Crippen LogP contribution >= 0.6 is 0 Å². The lowest BCUT2D eigenvalue weighted by Gasteiger charge is -2.35. The number of likely N-dealkylation sites (tertiary alicyclic amines) is 1. The van der Waals surface area contributed by atoms with Gasteiger partial charge in [0.1, 0.15) is 0 Å². The largest absolute Gasteiger partial charge is 0.503 e. The molecule has 0 amide bonds. The Labute approximate surface area is 131 Å². The van der Waals surface area contributed by atoms with Gasteiger partial charge in [0, 0.05) is 37.9 Å². The Morgan fingerprint density at radius 2 is 2.00 bits per heavy atom. The summed E-state index contributed by atoms with van der Waals surface area (Å²) < 4.78 is 1.79. The van der Waals surface area contributed by atoms with Gasteiger partial charge in [0.05, 0.1) is 12.3 Å². The molecule has 5 nitrogen and oxygen atoms in total. The molecule has 122 valence electrons. The minimum absolute atomic E-state index is 0.218. The number of nitrogens with zero attached hydrogens (tertiary/aromatic N) is 2. The summed E-state index contributed by atoms with van der Waals surface area (Å²) in [5.74, 6) is 0.989. The van der Waals surface area contributed by atoms with Gasteiger partial charge in [-0.2, -0.15) is 0 Å². The van der Waals surface area contributed by atoms with Crippen molar-refractivity contribution in [2.45, 2.75) is 40.0 Å². The van der Waals surface area contributed by atoms with Crippen LogP contribution in [0.2, 0.25) is 0 Å². The number of hydrogen-bond acceptors (Lipinski definition) is 4. The fourth-order valence-electron chi connectivity index (χ4n) is 3.52. The summed E-state index contributed by atoms with van der Waals surface area (Å²) in [4.78, 5) is 14.2. The molecule has 0 aromatic carbocycles. The molecule has 1 aromatic rings. The second-order valence-electron chi connectivity index (χ2n) is 6.49. The molecular formula is C17H26N2O3. The van der Waals surface area contributed by atoms with Crippen molar-refractivity contribution >= 4 is 0 Å². The van der Waals surface area contributed by atoms with Crippen molar-refractivity contribution in [1.29, 1.82) is 0 Å². The third-order valence-electron chi connectivity index (χ3n) is 4.27. The number of rotatable bonds is 5. The lowest BCUT2D eigenvalue weighted by Crippen LogP contribution is -2.39. The highest BCUT2D eigenvalue weighted by atomic mass is 16.3. The van der Waals surface area contributed by atoms with Crippen LogP contribution in [0.3, 0.4) is 0 Å². The summed E-state index contributed by atoms with van der Waals surface area (Å²) in [5.41, 5.74) is 0.644. The molecule has 1 aliphatic rings. The van der Waals surface area contributed by atoms with Gasteiger partial charge >= 0.3 is 0 Å². The number of aliphatic hydroxyl groups excluding tert-OH is 1. The van der Waals surface area contributed by atoms with Gasteiger partial charge in [0.2, 0.25) is 5.43 Å². The average molecular weight is 306 g/mol. The predicted molar refractivity (Wildman–Crippen MR) is 86.7 cm³/mol. The molecule has 1 fully saturated rings. The number of allylic oxidation sites excluding steroid dienone is 1. The first-order valence-electron chi connectivity index (χ1n) is 7.84. The molecule has 0 bridgehead atoms. The number of aliphatic hydroxyl groups is 1. The molecule has 1 aromatic heterocycles. The molecule has 22 heavy (non-hydrogen) atoms. The standard InChI is InChI=1S/C17H26N2O3/c1-4-5-19-14(11-20)7-16(21)17(22)15(19)10-18-8-12(2)6-13(3)9-18/h4,7,12-13,20,22H,1,5-6,8-11H2,2-3H3. The van der Waals surface area contributed by atoms with Crippen molar-refractivity contribution in [2.75, 3.05) is 13.1 Å². The highest BCUT2D eigenvalue weighted by Gasteiger charge is 2.24. The Bertz CT molecular complexity index is 584. The monoisotopic (exact) mass is 306 g/mol. The summed E-state index contributed by atoms with van der Waals surface area (Å²) in [7, 11) is 0. The first-order chi connectivity index (χ1) is 10.5. The van der Waals surface area contributed by atoms with E-state index < -0.39 is 5.43 Å². The van der Waals surface area contributed by atoms with E-state index >= 15 is 0 Å². The number of pyridine rings is 1. The molecule has 0 spiro atoms. The zero-order valence-electron chi connectivity index (χ0n) is 13.5. The maximum atomic E-state index is 11.9. The summed E-state index contributed by atoms with van der Waals surface area (Å²) in [6, 6.07) is 1.30. The van der Waals surface area contributed by atoms with Gasteiger partial charge < -0.3 is 14.8 Å². The Morgan fingerprint density at radius 1 is 1.36 bits per heavy atom. The Morgan fingerprint density at radius 3 is 2.55 bits per heavy atom. The molecule has 2 rings (SSSR count). The van der Waals surface area contributed by atoms with Gasteiger partial charge in [-0.05, 0) is 18.3 Å². The quantitative estimate of drug-likeness (QED) is 0.813. The lowest BCUT2D eigenvalue weighted by atomic mass is 9.92. The van der Waals surface area contributed by atoms with Crippen molar-refractivity contribution < 1.29 is 10.2 Å². The third kappa shape index (κ3) is 3.59. The maximum Gasteiger partial charge on any atom is 0.223 e. The van der Waals surface area contributed by atoms with Gasteiger partial charge in [-0.3, -0.25) is 9.69 Å². The van der Waals surface area contributed by atoms with E-state index in [1.807, 2.05) is 0 Å². The van der Waals surface area contributed by atoms with E-state index in [1.54, 1.807) is 10.6 Å². The molecule has 5 heteroatoms.